The number of ether oxygens (including phenoxy) is 1. The van der Waals surface area contributed by atoms with Crippen LogP contribution in [-0.2, 0) is 9.59 Å². The predicted octanol–water partition coefficient (Wildman–Crippen LogP) is 0.959. The number of carbonyl (C=O) groups is 2. The Kier molecular flexibility index (Phi) is 5.11. The number of aromatic nitrogens is 1. The van der Waals surface area contributed by atoms with Crippen LogP contribution in [0, 0.1) is 0 Å². The topological polar surface area (TPSA) is 91.8 Å². The van der Waals surface area contributed by atoms with E-state index in [9.17, 15) is 9.59 Å². The van der Waals surface area contributed by atoms with E-state index in [0.717, 1.165) is 5.69 Å². The first-order chi connectivity index (χ1) is 8.95. The molecule has 0 aromatic carbocycles. The SMILES string of the molecule is COc1nccc(N(C)C)c1NC(=O)CCC(=O)O. The number of anilines is 2. The first-order valence-electron chi connectivity index (χ1n) is 5.67. The van der Waals surface area contributed by atoms with Gasteiger partial charge >= 0.3 is 5.97 Å². The van der Waals surface area contributed by atoms with Crippen molar-refractivity contribution in [2.75, 3.05) is 31.4 Å². The van der Waals surface area contributed by atoms with Gasteiger partial charge in [-0.05, 0) is 6.07 Å². The van der Waals surface area contributed by atoms with Gasteiger partial charge in [-0.1, -0.05) is 0 Å². The van der Waals surface area contributed by atoms with Crippen LogP contribution in [0.3, 0.4) is 0 Å². The molecule has 2 N–H and O–H groups in total. The molecule has 0 saturated carbocycles. The van der Waals surface area contributed by atoms with Crippen molar-refractivity contribution in [3.63, 3.8) is 0 Å². The Balaban J connectivity index is 2.91. The molecule has 0 spiro atoms. The summed E-state index contributed by atoms with van der Waals surface area (Å²) >= 11 is 0. The summed E-state index contributed by atoms with van der Waals surface area (Å²) in [7, 11) is 5.10. The second-order valence-corrected chi connectivity index (χ2v) is 4.05. The third-order valence-corrected chi connectivity index (χ3v) is 2.40. The number of aliphatic carboxylic acids is 1. The molecule has 7 heteroatoms. The smallest absolute Gasteiger partial charge is 0.303 e. The molecule has 7 nitrogen and oxygen atoms in total. The van der Waals surface area contributed by atoms with E-state index >= 15 is 0 Å². The fourth-order valence-electron chi connectivity index (χ4n) is 1.50. The van der Waals surface area contributed by atoms with Crippen molar-refractivity contribution < 1.29 is 19.4 Å². The molecule has 1 rings (SSSR count). The molecule has 1 amide bonds. The van der Waals surface area contributed by atoms with Crippen LogP contribution >= 0.6 is 0 Å². The number of carboxylic acid groups (broad SMARTS) is 1. The van der Waals surface area contributed by atoms with Gasteiger partial charge in [0.2, 0.25) is 11.8 Å². The van der Waals surface area contributed by atoms with E-state index < -0.39 is 11.9 Å². The average Bonchev–Trinajstić information content (AvgIpc) is 2.36. The zero-order valence-electron chi connectivity index (χ0n) is 11.1. The maximum atomic E-state index is 11.7. The predicted molar refractivity (Wildman–Crippen MR) is 70.6 cm³/mol. The maximum Gasteiger partial charge on any atom is 0.303 e. The van der Waals surface area contributed by atoms with Crippen LogP contribution in [0.15, 0.2) is 12.3 Å². The van der Waals surface area contributed by atoms with Gasteiger partial charge in [0.05, 0.1) is 19.2 Å². The quantitative estimate of drug-likeness (QED) is 0.797. The first-order valence-corrected chi connectivity index (χ1v) is 5.67. The van der Waals surface area contributed by atoms with Gasteiger partial charge in [0.15, 0.2) is 0 Å². The lowest BCUT2D eigenvalue weighted by Gasteiger charge is -2.19. The second-order valence-electron chi connectivity index (χ2n) is 4.05. The Labute approximate surface area is 111 Å². The summed E-state index contributed by atoms with van der Waals surface area (Å²) in [5.41, 5.74) is 1.17. The zero-order chi connectivity index (χ0) is 14.4. The standard InChI is InChI=1S/C12H17N3O4/c1-15(2)8-6-7-13-12(19-3)11(8)14-9(16)4-5-10(17)18/h6-7H,4-5H2,1-3H3,(H,14,16)(H,17,18). The molecule has 0 fully saturated rings. The highest BCUT2D eigenvalue weighted by Gasteiger charge is 2.15. The Morgan fingerprint density at radius 3 is 2.63 bits per heavy atom. The van der Waals surface area contributed by atoms with Gasteiger partial charge < -0.3 is 20.1 Å². The van der Waals surface area contributed by atoms with Crippen LogP contribution in [0.4, 0.5) is 11.4 Å². The molecule has 0 saturated heterocycles. The summed E-state index contributed by atoms with van der Waals surface area (Å²) in [6.07, 6.45) is 1.26. The fourth-order valence-corrected chi connectivity index (χ4v) is 1.50. The molecular weight excluding hydrogens is 250 g/mol. The van der Waals surface area contributed by atoms with Crippen molar-refractivity contribution in [1.82, 2.24) is 4.98 Å². The molecule has 0 bridgehead atoms. The number of hydrogen-bond acceptors (Lipinski definition) is 5. The lowest BCUT2D eigenvalue weighted by atomic mass is 10.2. The van der Waals surface area contributed by atoms with E-state index in [1.807, 2.05) is 14.1 Å². The lowest BCUT2D eigenvalue weighted by molar-refractivity contribution is -0.138. The minimum absolute atomic E-state index is 0.0970. The first kappa shape index (κ1) is 14.7. The fraction of sp³-hybridized carbons (Fsp3) is 0.417. The summed E-state index contributed by atoms with van der Waals surface area (Å²) in [6, 6.07) is 1.73. The third-order valence-electron chi connectivity index (χ3n) is 2.40. The number of pyridine rings is 1. The number of carboxylic acids is 1. The van der Waals surface area contributed by atoms with E-state index in [1.165, 1.54) is 7.11 Å². The molecule has 0 atom stereocenters. The number of nitrogens with one attached hydrogen (secondary N) is 1. The molecule has 0 aliphatic rings. The largest absolute Gasteiger partial charge is 0.481 e. The van der Waals surface area contributed by atoms with E-state index in [-0.39, 0.29) is 18.7 Å². The molecule has 0 aliphatic heterocycles. The van der Waals surface area contributed by atoms with Crippen LogP contribution in [0.25, 0.3) is 0 Å². The van der Waals surface area contributed by atoms with Crippen LogP contribution in [0.1, 0.15) is 12.8 Å². The van der Waals surface area contributed by atoms with Gasteiger partial charge in [0.1, 0.15) is 5.69 Å². The average molecular weight is 267 g/mol. The molecule has 0 unspecified atom stereocenters. The summed E-state index contributed by atoms with van der Waals surface area (Å²) in [4.78, 5) is 27.9. The van der Waals surface area contributed by atoms with Gasteiger partial charge in [-0.25, -0.2) is 4.98 Å². The zero-order valence-corrected chi connectivity index (χ0v) is 11.1. The highest BCUT2D eigenvalue weighted by Crippen LogP contribution is 2.32. The van der Waals surface area contributed by atoms with Crippen LogP contribution in [0.5, 0.6) is 5.88 Å². The number of carbonyl (C=O) groups excluding carboxylic acids is 1. The maximum absolute atomic E-state index is 11.7. The lowest BCUT2D eigenvalue weighted by Crippen LogP contribution is -2.18. The normalized spacial score (nSPS) is 9.84. The summed E-state index contributed by atoms with van der Waals surface area (Å²) in [5, 5.41) is 11.2. The number of rotatable bonds is 6. The van der Waals surface area contributed by atoms with Gasteiger partial charge in [-0.15, -0.1) is 0 Å². The number of nitrogens with zero attached hydrogens (tertiary/aromatic N) is 2. The Hall–Kier alpha value is -2.31. The molecule has 0 radical (unpaired) electrons. The number of amides is 1. The minimum atomic E-state index is -1.01. The monoisotopic (exact) mass is 267 g/mol. The van der Waals surface area contributed by atoms with Crippen molar-refractivity contribution in [3.05, 3.63) is 12.3 Å². The van der Waals surface area contributed by atoms with Gasteiger partial charge in [0, 0.05) is 26.7 Å². The van der Waals surface area contributed by atoms with Crippen molar-refractivity contribution >= 4 is 23.3 Å². The highest BCUT2D eigenvalue weighted by molar-refractivity contribution is 5.97. The van der Waals surface area contributed by atoms with Crippen LogP contribution < -0.4 is 15.0 Å². The molecule has 0 aliphatic carbocycles. The number of methoxy groups -OCH3 is 1. The molecule has 1 aromatic rings. The van der Waals surface area contributed by atoms with Crippen molar-refractivity contribution in [1.29, 1.82) is 0 Å². The van der Waals surface area contributed by atoms with Crippen LogP contribution in [-0.4, -0.2) is 43.2 Å². The van der Waals surface area contributed by atoms with Crippen LogP contribution in [0.2, 0.25) is 0 Å². The molecule has 19 heavy (non-hydrogen) atoms. The summed E-state index contributed by atoms with van der Waals surface area (Å²) in [5.74, 6) is -1.12. The molecular formula is C12H17N3O4. The Morgan fingerprint density at radius 1 is 1.42 bits per heavy atom. The van der Waals surface area contributed by atoms with E-state index in [1.54, 1.807) is 17.2 Å². The van der Waals surface area contributed by atoms with Gasteiger partial charge in [-0.2, -0.15) is 0 Å². The summed E-state index contributed by atoms with van der Waals surface area (Å²) in [6.45, 7) is 0. The molecule has 1 aromatic heterocycles. The Morgan fingerprint density at radius 2 is 2.11 bits per heavy atom. The van der Waals surface area contributed by atoms with Crippen molar-refractivity contribution in [3.8, 4) is 5.88 Å². The molecule has 104 valence electrons. The summed E-state index contributed by atoms with van der Waals surface area (Å²) < 4.78 is 5.09. The van der Waals surface area contributed by atoms with Crippen molar-refractivity contribution in [2.45, 2.75) is 12.8 Å². The van der Waals surface area contributed by atoms with Gasteiger partial charge in [-0.3, -0.25) is 9.59 Å². The highest BCUT2D eigenvalue weighted by atomic mass is 16.5. The van der Waals surface area contributed by atoms with E-state index in [0.29, 0.717) is 5.69 Å². The third kappa shape index (κ3) is 4.13. The molecule has 1 heterocycles. The number of hydrogen-bond donors (Lipinski definition) is 2. The minimum Gasteiger partial charge on any atom is -0.481 e. The van der Waals surface area contributed by atoms with Gasteiger partial charge in [0.25, 0.3) is 0 Å². The second kappa shape index (κ2) is 6.58. The van der Waals surface area contributed by atoms with E-state index in [4.69, 9.17) is 9.84 Å². The Bertz CT molecular complexity index is 474. The van der Waals surface area contributed by atoms with Crippen molar-refractivity contribution in [2.24, 2.45) is 0 Å². The van der Waals surface area contributed by atoms with E-state index in [2.05, 4.69) is 10.3 Å².